The number of hydrogen-bond acceptors (Lipinski definition) is 2. The molecule has 0 spiro atoms. The smallest absolute Gasteiger partial charge is 0.106 e. The SMILES string of the molecule is CC(C)(C)Cc1cc(-c2ccc3c(-c4ccc(Br)nc4)c4ccccc4c(-c4ccccc4)c3c2)ccn1. The van der Waals surface area contributed by atoms with E-state index < -0.39 is 0 Å². The van der Waals surface area contributed by atoms with Crippen molar-refractivity contribution in [2.45, 2.75) is 27.2 Å². The van der Waals surface area contributed by atoms with Crippen LogP contribution in [-0.4, -0.2) is 9.97 Å². The van der Waals surface area contributed by atoms with Crippen molar-refractivity contribution in [3.63, 3.8) is 0 Å². The molecule has 0 saturated carbocycles. The molecule has 38 heavy (non-hydrogen) atoms. The van der Waals surface area contributed by atoms with Gasteiger partial charge < -0.3 is 0 Å². The van der Waals surface area contributed by atoms with E-state index in [0.717, 1.165) is 22.3 Å². The molecule has 0 fully saturated rings. The number of aromatic nitrogens is 2. The third-order valence-electron chi connectivity index (χ3n) is 6.96. The molecule has 3 heteroatoms. The van der Waals surface area contributed by atoms with E-state index in [9.17, 15) is 0 Å². The van der Waals surface area contributed by atoms with Crippen LogP contribution in [0, 0.1) is 5.41 Å². The number of benzene rings is 4. The van der Waals surface area contributed by atoms with Crippen molar-refractivity contribution in [3.05, 3.63) is 120 Å². The van der Waals surface area contributed by atoms with Crippen LogP contribution in [-0.2, 0) is 6.42 Å². The van der Waals surface area contributed by atoms with Gasteiger partial charge in [-0.25, -0.2) is 4.98 Å². The fourth-order valence-corrected chi connectivity index (χ4v) is 5.64. The lowest BCUT2D eigenvalue weighted by Crippen LogP contribution is -2.10. The summed E-state index contributed by atoms with van der Waals surface area (Å²) in [6.45, 7) is 6.77. The number of halogens is 1. The molecule has 4 aromatic carbocycles. The maximum atomic E-state index is 4.67. The number of hydrogen-bond donors (Lipinski definition) is 0. The molecule has 0 N–H and O–H groups in total. The lowest BCUT2D eigenvalue weighted by atomic mass is 9.85. The Morgan fingerprint density at radius 3 is 1.89 bits per heavy atom. The Kier molecular flexibility index (Phi) is 6.33. The van der Waals surface area contributed by atoms with Crippen LogP contribution in [0.1, 0.15) is 26.5 Å². The lowest BCUT2D eigenvalue weighted by molar-refractivity contribution is 0.406. The van der Waals surface area contributed by atoms with Gasteiger partial charge in [0.1, 0.15) is 4.60 Å². The number of nitrogens with zero attached hydrogens (tertiary/aromatic N) is 2. The van der Waals surface area contributed by atoms with Crippen LogP contribution in [0.15, 0.2) is 114 Å². The van der Waals surface area contributed by atoms with Crippen molar-refractivity contribution in [2.75, 3.05) is 0 Å². The van der Waals surface area contributed by atoms with Gasteiger partial charge in [0, 0.05) is 23.7 Å². The van der Waals surface area contributed by atoms with E-state index in [1.54, 1.807) is 0 Å². The van der Waals surface area contributed by atoms with Crippen LogP contribution in [0.25, 0.3) is 54.9 Å². The fourth-order valence-electron chi connectivity index (χ4n) is 5.41. The molecule has 0 radical (unpaired) electrons. The average molecular weight is 558 g/mol. The van der Waals surface area contributed by atoms with Crippen LogP contribution in [0.5, 0.6) is 0 Å². The molecule has 0 amide bonds. The first kappa shape index (κ1) is 24.5. The van der Waals surface area contributed by atoms with Crippen LogP contribution < -0.4 is 0 Å². The van der Waals surface area contributed by atoms with Crippen molar-refractivity contribution in [1.82, 2.24) is 9.97 Å². The molecule has 2 aromatic heterocycles. The van der Waals surface area contributed by atoms with Crippen molar-refractivity contribution in [2.24, 2.45) is 5.41 Å². The van der Waals surface area contributed by atoms with E-state index in [-0.39, 0.29) is 5.41 Å². The molecular weight excluding hydrogens is 528 g/mol. The van der Waals surface area contributed by atoms with Gasteiger partial charge in [-0.15, -0.1) is 0 Å². The minimum absolute atomic E-state index is 0.183. The Labute approximate surface area is 232 Å². The van der Waals surface area contributed by atoms with Gasteiger partial charge in [0.2, 0.25) is 0 Å². The zero-order valence-corrected chi connectivity index (χ0v) is 23.5. The van der Waals surface area contributed by atoms with Gasteiger partial charge in [-0.3, -0.25) is 4.98 Å². The molecule has 6 aromatic rings. The van der Waals surface area contributed by atoms with E-state index >= 15 is 0 Å². The van der Waals surface area contributed by atoms with Crippen molar-refractivity contribution >= 4 is 37.5 Å². The van der Waals surface area contributed by atoms with Crippen LogP contribution in [0.3, 0.4) is 0 Å². The van der Waals surface area contributed by atoms with Gasteiger partial charge in [0.05, 0.1) is 0 Å². The second kappa shape index (κ2) is 9.81. The van der Waals surface area contributed by atoms with E-state index in [2.05, 4.69) is 138 Å². The second-order valence-corrected chi connectivity index (χ2v) is 11.9. The minimum Gasteiger partial charge on any atom is -0.261 e. The fraction of sp³-hybridized carbons (Fsp3) is 0.143. The van der Waals surface area contributed by atoms with Gasteiger partial charge in [-0.1, -0.05) is 93.6 Å². The first-order chi connectivity index (χ1) is 18.4. The normalized spacial score (nSPS) is 11.8. The maximum absolute atomic E-state index is 4.67. The Morgan fingerprint density at radius 1 is 0.579 bits per heavy atom. The van der Waals surface area contributed by atoms with E-state index in [0.29, 0.717) is 0 Å². The standard InChI is InChI=1S/C35H29BrN2/c1-35(2,3)21-27-19-25(17-18-37-27)24-13-15-30-31(20-24)33(23-9-5-4-6-10-23)28-11-7-8-12-29(28)34(30)26-14-16-32(36)38-22-26/h4-20,22H,21H2,1-3H3. The minimum atomic E-state index is 0.183. The summed E-state index contributed by atoms with van der Waals surface area (Å²) >= 11 is 3.50. The summed E-state index contributed by atoms with van der Waals surface area (Å²) < 4.78 is 0.835. The van der Waals surface area contributed by atoms with Crippen molar-refractivity contribution < 1.29 is 0 Å². The van der Waals surface area contributed by atoms with Crippen LogP contribution in [0.4, 0.5) is 0 Å². The highest BCUT2D eigenvalue weighted by Crippen LogP contribution is 2.44. The summed E-state index contributed by atoms with van der Waals surface area (Å²) in [6, 6.07) is 34.9. The third-order valence-corrected chi connectivity index (χ3v) is 7.43. The van der Waals surface area contributed by atoms with E-state index in [4.69, 9.17) is 0 Å². The second-order valence-electron chi connectivity index (χ2n) is 11.1. The Morgan fingerprint density at radius 2 is 1.21 bits per heavy atom. The molecule has 0 aliphatic rings. The number of fused-ring (bicyclic) bond motifs is 2. The van der Waals surface area contributed by atoms with E-state index in [1.165, 1.54) is 49.4 Å². The average Bonchev–Trinajstić information content (AvgIpc) is 2.92. The summed E-state index contributed by atoms with van der Waals surface area (Å²) in [7, 11) is 0. The molecular formula is C35H29BrN2. The maximum Gasteiger partial charge on any atom is 0.106 e. The predicted molar refractivity (Wildman–Crippen MR) is 164 cm³/mol. The van der Waals surface area contributed by atoms with Gasteiger partial charge >= 0.3 is 0 Å². The number of pyridine rings is 2. The Bertz CT molecular complexity index is 1770. The summed E-state index contributed by atoms with van der Waals surface area (Å²) in [5, 5.41) is 4.93. The first-order valence-corrected chi connectivity index (χ1v) is 13.8. The van der Waals surface area contributed by atoms with Gasteiger partial charge in [-0.05, 0) is 101 Å². The summed E-state index contributed by atoms with van der Waals surface area (Å²) in [5.74, 6) is 0. The molecule has 0 atom stereocenters. The quantitative estimate of drug-likeness (QED) is 0.159. The molecule has 0 saturated heterocycles. The zero-order valence-electron chi connectivity index (χ0n) is 21.9. The van der Waals surface area contributed by atoms with Gasteiger partial charge in [0.15, 0.2) is 0 Å². The highest BCUT2D eigenvalue weighted by atomic mass is 79.9. The molecule has 0 bridgehead atoms. The molecule has 0 aliphatic carbocycles. The topological polar surface area (TPSA) is 25.8 Å². The molecule has 6 rings (SSSR count). The first-order valence-electron chi connectivity index (χ1n) is 13.0. The van der Waals surface area contributed by atoms with Crippen LogP contribution in [0.2, 0.25) is 0 Å². The summed E-state index contributed by atoms with van der Waals surface area (Å²) in [4.78, 5) is 9.23. The molecule has 2 heterocycles. The highest BCUT2D eigenvalue weighted by Gasteiger charge is 2.18. The van der Waals surface area contributed by atoms with Crippen molar-refractivity contribution in [3.8, 4) is 33.4 Å². The molecule has 0 unspecified atom stereocenters. The molecule has 0 aliphatic heterocycles. The third kappa shape index (κ3) is 4.75. The monoisotopic (exact) mass is 556 g/mol. The van der Waals surface area contributed by atoms with Gasteiger partial charge in [-0.2, -0.15) is 0 Å². The van der Waals surface area contributed by atoms with Crippen LogP contribution >= 0.6 is 15.9 Å². The Balaban J connectivity index is 1.67. The molecule has 2 nitrogen and oxygen atoms in total. The molecule has 186 valence electrons. The predicted octanol–water partition coefficient (Wildman–Crippen LogP) is 10.1. The number of rotatable bonds is 4. The lowest BCUT2D eigenvalue weighted by Gasteiger charge is -2.19. The largest absolute Gasteiger partial charge is 0.261 e. The van der Waals surface area contributed by atoms with E-state index in [1.807, 2.05) is 18.5 Å². The summed E-state index contributed by atoms with van der Waals surface area (Å²) in [5.41, 5.74) is 8.50. The zero-order chi connectivity index (χ0) is 26.3. The van der Waals surface area contributed by atoms with Gasteiger partial charge in [0.25, 0.3) is 0 Å². The summed E-state index contributed by atoms with van der Waals surface area (Å²) in [6.07, 6.45) is 4.84. The highest BCUT2D eigenvalue weighted by molar-refractivity contribution is 9.10. The van der Waals surface area contributed by atoms with Crippen molar-refractivity contribution in [1.29, 1.82) is 0 Å². The Hall–Kier alpha value is -3.82.